The highest BCUT2D eigenvalue weighted by Gasteiger charge is 2.21. The quantitative estimate of drug-likeness (QED) is 0.750. The fourth-order valence-corrected chi connectivity index (χ4v) is 2.92. The van der Waals surface area contributed by atoms with Crippen LogP contribution >= 0.6 is 0 Å². The normalized spacial score (nSPS) is 16.9. The summed E-state index contributed by atoms with van der Waals surface area (Å²) in [5, 5.41) is 0. The number of rotatable bonds is 4. The molecule has 1 fully saturated rings. The molecule has 0 unspecified atom stereocenters. The molecule has 0 N–H and O–H groups in total. The lowest BCUT2D eigenvalue weighted by Gasteiger charge is -2.34. The molecule has 0 bridgehead atoms. The zero-order valence-electron chi connectivity index (χ0n) is 11.5. The van der Waals surface area contributed by atoms with Crippen LogP contribution in [0.5, 0.6) is 0 Å². The van der Waals surface area contributed by atoms with Gasteiger partial charge in [-0.2, -0.15) is 0 Å². The van der Waals surface area contributed by atoms with Gasteiger partial charge in [-0.1, -0.05) is 31.9 Å². The topological polar surface area (TPSA) is 20.3 Å². The maximum Gasteiger partial charge on any atom is 0.161 e. The Morgan fingerprint density at radius 3 is 2.56 bits per heavy atom. The van der Waals surface area contributed by atoms with E-state index in [1.54, 1.807) is 6.92 Å². The van der Waals surface area contributed by atoms with Gasteiger partial charge in [0.15, 0.2) is 5.78 Å². The third-order valence-corrected chi connectivity index (χ3v) is 3.94. The second-order valence-electron chi connectivity index (χ2n) is 5.29. The number of nitrogens with zero attached hydrogens (tertiary/aromatic N) is 1. The Balaban J connectivity index is 2.07. The van der Waals surface area contributed by atoms with Crippen LogP contribution in [0.2, 0.25) is 0 Å². The van der Waals surface area contributed by atoms with E-state index in [0.717, 1.165) is 30.3 Å². The van der Waals surface area contributed by atoms with Crippen LogP contribution in [0.25, 0.3) is 0 Å². The predicted octanol–water partition coefficient (Wildman–Crippen LogP) is 3.91. The van der Waals surface area contributed by atoms with Crippen molar-refractivity contribution in [3.63, 3.8) is 0 Å². The number of carbonyl (C=O) groups excluding carboxylic acids is 1. The number of piperidine rings is 1. The molecule has 0 saturated carbocycles. The molecule has 0 radical (unpaired) electrons. The van der Waals surface area contributed by atoms with Gasteiger partial charge < -0.3 is 4.90 Å². The molecule has 0 amide bonds. The van der Waals surface area contributed by atoms with E-state index in [4.69, 9.17) is 0 Å². The van der Waals surface area contributed by atoms with Crippen LogP contribution in [0.3, 0.4) is 0 Å². The lowest BCUT2D eigenvalue weighted by atomic mass is 9.92. The van der Waals surface area contributed by atoms with Crippen molar-refractivity contribution in [2.24, 2.45) is 5.92 Å². The highest BCUT2D eigenvalue weighted by atomic mass is 16.1. The zero-order valence-corrected chi connectivity index (χ0v) is 11.5. The lowest BCUT2D eigenvalue weighted by Crippen LogP contribution is -2.34. The minimum Gasteiger partial charge on any atom is -0.371 e. The molecule has 0 aromatic heterocycles. The highest BCUT2D eigenvalue weighted by Crippen LogP contribution is 2.28. The summed E-state index contributed by atoms with van der Waals surface area (Å²) in [5.41, 5.74) is 1.99. The maximum atomic E-state index is 11.6. The third kappa shape index (κ3) is 2.92. The van der Waals surface area contributed by atoms with E-state index in [1.807, 2.05) is 18.2 Å². The number of ketones is 1. The molecule has 1 aliphatic heterocycles. The average Bonchev–Trinajstić information content (AvgIpc) is 2.40. The van der Waals surface area contributed by atoms with Gasteiger partial charge in [-0.15, -0.1) is 0 Å². The molecular weight excluding hydrogens is 222 g/mol. The summed E-state index contributed by atoms with van der Waals surface area (Å²) < 4.78 is 0. The van der Waals surface area contributed by atoms with E-state index in [-0.39, 0.29) is 5.78 Å². The van der Waals surface area contributed by atoms with Crippen LogP contribution in [0, 0.1) is 5.92 Å². The van der Waals surface area contributed by atoms with Crippen molar-refractivity contribution in [3.8, 4) is 0 Å². The van der Waals surface area contributed by atoms with Crippen LogP contribution in [-0.4, -0.2) is 18.9 Å². The number of carbonyl (C=O) groups is 1. The number of benzene rings is 1. The first-order valence-corrected chi connectivity index (χ1v) is 7.07. The first-order valence-electron chi connectivity index (χ1n) is 7.07. The number of hydrogen-bond acceptors (Lipinski definition) is 2. The number of Topliss-reactive ketones (excluding diaryl/α,β-unsaturated/α-hetero) is 1. The Labute approximate surface area is 110 Å². The van der Waals surface area contributed by atoms with Crippen LogP contribution in [0.4, 0.5) is 5.69 Å². The van der Waals surface area contributed by atoms with Crippen molar-refractivity contribution in [1.29, 1.82) is 0 Å². The van der Waals surface area contributed by atoms with Crippen molar-refractivity contribution < 1.29 is 4.79 Å². The SMILES string of the molecule is CCCC1CCN(c2ccccc2C(C)=O)CC1. The summed E-state index contributed by atoms with van der Waals surface area (Å²) in [6, 6.07) is 8.00. The average molecular weight is 245 g/mol. The summed E-state index contributed by atoms with van der Waals surface area (Å²) in [5.74, 6) is 1.05. The van der Waals surface area contributed by atoms with Gasteiger partial charge in [-0.3, -0.25) is 4.79 Å². The minimum atomic E-state index is 0.168. The van der Waals surface area contributed by atoms with Crippen molar-refractivity contribution in [2.45, 2.75) is 39.5 Å². The predicted molar refractivity (Wildman–Crippen MR) is 76.3 cm³/mol. The van der Waals surface area contributed by atoms with E-state index in [0.29, 0.717) is 0 Å². The maximum absolute atomic E-state index is 11.6. The molecule has 1 heterocycles. The van der Waals surface area contributed by atoms with Crippen LogP contribution in [0.15, 0.2) is 24.3 Å². The smallest absolute Gasteiger partial charge is 0.161 e. The molecule has 2 nitrogen and oxygen atoms in total. The van der Waals surface area contributed by atoms with Gasteiger partial charge >= 0.3 is 0 Å². The molecule has 0 spiro atoms. The van der Waals surface area contributed by atoms with E-state index >= 15 is 0 Å². The summed E-state index contributed by atoms with van der Waals surface area (Å²) in [4.78, 5) is 14.0. The Morgan fingerprint density at radius 2 is 1.94 bits per heavy atom. The largest absolute Gasteiger partial charge is 0.371 e. The Morgan fingerprint density at radius 1 is 1.28 bits per heavy atom. The monoisotopic (exact) mass is 245 g/mol. The molecule has 18 heavy (non-hydrogen) atoms. The molecule has 1 saturated heterocycles. The van der Waals surface area contributed by atoms with Gasteiger partial charge in [0, 0.05) is 24.3 Å². The number of hydrogen-bond donors (Lipinski definition) is 0. The van der Waals surface area contributed by atoms with Crippen LogP contribution < -0.4 is 4.90 Å². The van der Waals surface area contributed by atoms with Crippen LogP contribution in [0.1, 0.15) is 49.9 Å². The first-order chi connectivity index (χ1) is 8.72. The second kappa shape index (κ2) is 6.03. The first kappa shape index (κ1) is 13.1. The molecule has 1 aromatic carbocycles. The fourth-order valence-electron chi connectivity index (χ4n) is 2.92. The van der Waals surface area contributed by atoms with Gasteiger partial charge in [0.1, 0.15) is 0 Å². The Hall–Kier alpha value is -1.31. The molecule has 1 aromatic rings. The van der Waals surface area contributed by atoms with E-state index in [1.165, 1.54) is 25.7 Å². The van der Waals surface area contributed by atoms with E-state index in [2.05, 4.69) is 17.9 Å². The molecular formula is C16H23NO. The van der Waals surface area contributed by atoms with Crippen molar-refractivity contribution >= 4 is 11.5 Å². The van der Waals surface area contributed by atoms with Gasteiger partial charge in [0.2, 0.25) is 0 Å². The van der Waals surface area contributed by atoms with E-state index in [9.17, 15) is 4.79 Å². The Kier molecular flexibility index (Phi) is 4.40. The van der Waals surface area contributed by atoms with Crippen LogP contribution in [-0.2, 0) is 0 Å². The molecule has 1 aliphatic rings. The Bertz CT molecular complexity index is 405. The number of para-hydroxylation sites is 1. The van der Waals surface area contributed by atoms with Gasteiger partial charge in [0.25, 0.3) is 0 Å². The number of anilines is 1. The van der Waals surface area contributed by atoms with Gasteiger partial charge in [-0.05, 0) is 37.8 Å². The fraction of sp³-hybridized carbons (Fsp3) is 0.562. The summed E-state index contributed by atoms with van der Waals surface area (Å²) in [7, 11) is 0. The lowest BCUT2D eigenvalue weighted by molar-refractivity contribution is 0.101. The molecule has 2 rings (SSSR count). The third-order valence-electron chi connectivity index (χ3n) is 3.94. The van der Waals surface area contributed by atoms with E-state index < -0.39 is 0 Å². The van der Waals surface area contributed by atoms with Crippen molar-refractivity contribution in [1.82, 2.24) is 0 Å². The zero-order chi connectivity index (χ0) is 13.0. The highest BCUT2D eigenvalue weighted by molar-refractivity contribution is 5.99. The second-order valence-corrected chi connectivity index (χ2v) is 5.29. The molecule has 98 valence electrons. The van der Waals surface area contributed by atoms with Gasteiger partial charge in [-0.25, -0.2) is 0 Å². The summed E-state index contributed by atoms with van der Waals surface area (Å²) >= 11 is 0. The van der Waals surface area contributed by atoms with Crippen molar-refractivity contribution in [3.05, 3.63) is 29.8 Å². The summed E-state index contributed by atoms with van der Waals surface area (Å²) in [6.45, 7) is 6.10. The molecule has 0 aliphatic carbocycles. The molecule has 0 atom stereocenters. The standard InChI is InChI=1S/C16H23NO/c1-3-6-14-9-11-17(12-10-14)16-8-5-4-7-15(16)13(2)18/h4-5,7-8,14H,3,6,9-12H2,1-2H3. The minimum absolute atomic E-state index is 0.168. The summed E-state index contributed by atoms with van der Waals surface area (Å²) in [6.07, 6.45) is 5.16. The molecule has 2 heteroatoms. The van der Waals surface area contributed by atoms with Gasteiger partial charge in [0.05, 0.1) is 0 Å². The van der Waals surface area contributed by atoms with Crippen molar-refractivity contribution in [2.75, 3.05) is 18.0 Å².